The number of rotatable bonds is 5. The van der Waals surface area contributed by atoms with Crippen molar-refractivity contribution in [2.75, 3.05) is 64.5 Å². The average Bonchev–Trinajstić information content (AvgIpc) is 2.88. The Morgan fingerprint density at radius 3 is 2.29 bits per heavy atom. The quantitative estimate of drug-likeness (QED) is 0.612. The summed E-state index contributed by atoms with van der Waals surface area (Å²) in [6.07, 6.45) is -4.45. The zero-order valence-corrected chi connectivity index (χ0v) is 19.9. The van der Waals surface area contributed by atoms with Crippen LogP contribution in [0.2, 0.25) is 0 Å². The molecule has 0 aliphatic carbocycles. The number of carbonyl (C=O) groups is 1. The Morgan fingerprint density at radius 1 is 0.971 bits per heavy atom. The molecule has 2 aromatic rings. The number of hydrogen-bond acceptors (Lipinski definition) is 6. The maximum atomic E-state index is 13.3. The van der Waals surface area contributed by atoms with Gasteiger partial charge in [0, 0.05) is 45.0 Å². The Morgan fingerprint density at radius 2 is 1.66 bits per heavy atom. The first-order valence-corrected chi connectivity index (χ1v) is 12.5. The van der Waals surface area contributed by atoms with Crippen LogP contribution in [-0.2, 0) is 20.9 Å². The van der Waals surface area contributed by atoms with E-state index < -0.39 is 21.8 Å². The monoisotopic (exact) mass is 513 g/mol. The molecule has 0 aromatic heterocycles. The fourth-order valence-corrected chi connectivity index (χ4v) is 5.62. The molecule has 0 atom stereocenters. The van der Waals surface area contributed by atoms with Crippen molar-refractivity contribution in [3.63, 3.8) is 0 Å². The van der Waals surface area contributed by atoms with E-state index in [0.717, 1.165) is 12.1 Å². The first-order valence-electron chi connectivity index (χ1n) is 11.1. The molecule has 0 saturated carbocycles. The van der Waals surface area contributed by atoms with Crippen molar-refractivity contribution in [1.29, 1.82) is 0 Å². The molecule has 2 aromatic carbocycles. The lowest BCUT2D eigenvalue weighted by Gasteiger charge is -2.35. The number of alkyl halides is 3. The minimum atomic E-state index is -4.45. The second-order valence-corrected chi connectivity index (χ2v) is 10.1. The van der Waals surface area contributed by atoms with Gasteiger partial charge in [0.15, 0.2) is 0 Å². The van der Waals surface area contributed by atoms with Crippen LogP contribution < -0.4 is 9.64 Å². The molecule has 1 amide bonds. The van der Waals surface area contributed by atoms with Gasteiger partial charge in [0.05, 0.1) is 36.3 Å². The van der Waals surface area contributed by atoms with Crippen LogP contribution in [0.15, 0.2) is 47.4 Å². The van der Waals surface area contributed by atoms with Crippen LogP contribution in [-0.4, -0.2) is 83.1 Å². The van der Waals surface area contributed by atoms with Crippen molar-refractivity contribution in [3.05, 3.63) is 53.6 Å². The van der Waals surface area contributed by atoms with Gasteiger partial charge in [-0.3, -0.25) is 4.79 Å². The van der Waals surface area contributed by atoms with E-state index in [4.69, 9.17) is 9.47 Å². The summed E-state index contributed by atoms with van der Waals surface area (Å²) >= 11 is 0. The van der Waals surface area contributed by atoms with E-state index >= 15 is 0 Å². The molecule has 0 spiro atoms. The molecular formula is C23H26F3N3O5S. The number of carbonyl (C=O) groups excluding carboxylic acids is 1. The summed E-state index contributed by atoms with van der Waals surface area (Å²) in [5.41, 5.74) is -0.210. The summed E-state index contributed by atoms with van der Waals surface area (Å²) in [4.78, 5) is 16.3. The standard InChI is InChI=1S/C23H26F3N3O5S/c1-33-21-6-5-19(16-20(21)22(30)28-11-13-34-14-12-28)35(31,32)29-9-7-27(8-10-29)18-4-2-3-17(15-18)23(24,25)26/h2-6,15-16H,7-14H2,1H3. The summed E-state index contributed by atoms with van der Waals surface area (Å²) in [6, 6.07) is 9.16. The van der Waals surface area contributed by atoms with Crippen molar-refractivity contribution in [1.82, 2.24) is 9.21 Å². The predicted octanol–water partition coefficient (Wildman–Crippen LogP) is 2.70. The van der Waals surface area contributed by atoms with Gasteiger partial charge in [-0.2, -0.15) is 17.5 Å². The molecule has 12 heteroatoms. The third kappa shape index (κ3) is 5.39. The first kappa shape index (κ1) is 25.3. The van der Waals surface area contributed by atoms with E-state index in [1.165, 1.54) is 35.7 Å². The van der Waals surface area contributed by atoms with Crippen molar-refractivity contribution in [2.24, 2.45) is 0 Å². The molecule has 2 heterocycles. The Labute approximate surface area is 201 Å². The molecule has 4 rings (SSSR count). The van der Waals surface area contributed by atoms with Gasteiger partial charge >= 0.3 is 6.18 Å². The van der Waals surface area contributed by atoms with Crippen LogP contribution in [0.5, 0.6) is 5.75 Å². The minimum Gasteiger partial charge on any atom is -0.496 e. The summed E-state index contributed by atoms with van der Waals surface area (Å²) in [7, 11) is -2.53. The lowest BCUT2D eigenvalue weighted by atomic mass is 10.1. The van der Waals surface area contributed by atoms with E-state index in [1.54, 1.807) is 15.9 Å². The molecule has 0 unspecified atom stereocenters. The van der Waals surface area contributed by atoms with Crippen molar-refractivity contribution in [3.8, 4) is 5.75 Å². The molecule has 2 aliphatic heterocycles. The summed E-state index contributed by atoms with van der Waals surface area (Å²) in [6.45, 7) is 2.26. The van der Waals surface area contributed by atoms with Crippen LogP contribution in [0.3, 0.4) is 0 Å². The molecule has 2 saturated heterocycles. The van der Waals surface area contributed by atoms with E-state index in [-0.39, 0.29) is 48.3 Å². The van der Waals surface area contributed by atoms with Crippen LogP contribution in [0.4, 0.5) is 18.9 Å². The second kappa shape index (κ2) is 10.0. The highest BCUT2D eigenvalue weighted by Gasteiger charge is 2.33. The number of hydrogen-bond donors (Lipinski definition) is 0. The fraction of sp³-hybridized carbons (Fsp3) is 0.435. The molecule has 8 nitrogen and oxygen atoms in total. The van der Waals surface area contributed by atoms with E-state index in [2.05, 4.69) is 0 Å². The number of amides is 1. The van der Waals surface area contributed by atoms with Gasteiger partial charge in [-0.15, -0.1) is 0 Å². The topological polar surface area (TPSA) is 79.4 Å². The number of sulfonamides is 1. The van der Waals surface area contributed by atoms with Gasteiger partial charge in [-0.05, 0) is 36.4 Å². The zero-order valence-electron chi connectivity index (χ0n) is 19.1. The maximum absolute atomic E-state index is 13.3. The molecule has 0 bridgehead atoms. The smallest absolute Gasteiger partial charge is 0.416 e. The number of halogens is 3. The maximum Gasteiger partial charge on any atom is 0.416 e. The molecule has 190 valence electrons. The Bertz CT molecular complexity index is 1180. The highest BCUT2D eigenvalue weighted by molar-refractivity contribution is 7.89. The van der Waals surface area contributed by atoms with Crippen molar-refractivity contribution < 1.29 is 35.9 Å². The van der Waals surface area contributed by atoms with E-state index in [1.807, 2.05) is 0 Å². The number of morpholine rings is 1. The second-order valence-electron chi connectivity index (χ2n) is 8.21. The number of benzene rings is 2. The number of piperazine rings is 1. The largest absolute Gasteiger partial charge is 0.496 e. The molecule has 0 radical (unpaired) electrons. The van der Waals surface area contributed by atoms with Gasteiger partial charge in [0.25, 0.3) is 5.91 Å². The third-order valence-electron chi connectivity index (χ3n) is 6.11. The van der Waals surface area contributed by atoms with Gasteiger partial charge < -0.3 is 19.3 Å². The average molecular weight is 514 g/mol. The lowest BCUT2D eigenvalue weighted by molar-refractivity contribution is -0.137. The van der Waals surface area contributed by atoms with Crippen LogP contribution in [0.25, 0.3) is 0 Å². The number of nitrogens with zero attached hydrogens (tertiary/aromatic N) is 3. The van der Waals surface area contributed by atoms with Gasteiger partial charge in [-0.1, -0.05) is 6.07 Å². The van der Waals surface area contributed by atoms with Crippen LogP contribution in [0, 0.1) is 0 Å². The normalized spacial score (nSPS) is 17.9. The van der Waals surface area contributed by atoms with Crippen LogP contribution in [0.1, 0.15) is 15.9 Å². The molecule has 0 N–H and O–H groups in total. The number of ether oxygens (including phenoxy) is 2. The minimum absolute atomic E-state index is 0.0394. The zero-order chi connectivity index (χ0) is 25.2. The SMILES string of the molecule is COc1ccc(S(=O)(=O)N2CCN(c3cccc(C(F)(F)F)c3)CC2)cc1C(=O)N1CCOCC1. The Hall–Kier alpha value is -2.83. The van der Waals surface area contributed by atoms with Gasteiger partial charge in [0.2, 0.25) is 10.0 Å². The van der Waals surface area contributed by atoms with Crippen molar-refractivity contribution >= 4 is 21.6 Å². The Balaban J connectivity index is 1.51. The Kier molecular flexibility index (Phi) is 7.25. The van der Waals surface area contributed by atoms with Gasteiger partial charge in [0.1, 0.15) is 5.75 Å². The molecule has 2 fully saturated rings. The van der Waals surface area contributed by atoms with Crippen LogP contribution >= 0.6 is 0 Å². The predicted molar refractivity (Wildman–Crippen MR) is 122 cm³/mol. The highest BCUT2D eigenvalue weighted by atomic mass is 32.2. The van der Waals surface area contributed by atoms with E-state index in [0.29, 0.717) is 32.0 Å². The first-order chi connectivity index (χ1) is 16.6. The molecular weight excluding hydrogens is 487 g/mol. The summed E-state index contributed by atoms with van der Waals surface area (Å²) < 4.78 is 77.7. The van der Waals surface area contributed by atoms with E-state index in [9.17, 15) is 26.4 Å². The molecule has 35 heavy (non-hydrogen) atoms. The lowest BCUT2D eigenvalue weighted by Crippen LogP contribution is -2.48. The highest BCUT2D eigenvalue weighted by Crippen LogP contribution is 2.32. The fourth-order valence-electron chi connectivity index (χ4n) is 4.17. The number of methoxy groups -OCH3 is 1. The molecule has 2 aliphatic rings. The summed E-state index contributed by atoms with van der Waals surface area (Å²) in [5.74, 6) is -0.0635. The third-order valence-corrected chi connectivity index (χ3v) is 8.01. The summed E-state index contributed by atoms with van der Waals surface area (Å²) in [5, 5.41) is 0. The van der Waals surface area contributed by atoms with Gasteiger partial charge in [-0.25, -0.2) is 8.42 Å². The van der Waals surface area contributed by atoms with Crippen molar-refractivity contribution in [2.45, 2.75) is 11.1 Å². The number of anilines is 1.